The number of aromatic nitrogens is 2. The van der Waals surface area contributed by atoms with E-state index < -0.39 is 17.0 Å². The SMILES string of the molecule is CC(C)C1=C(C(=O)N(C)C)SC2=N[C@@](C)(c3ccc(Cl)nc3)[C@@H](c3ccc(Cl)cc3)N21.CC(C)C1=C(C(=O)O)SC2=N[C@@](C)(c3ccc(Cl)nc3)[C@@H](c3ccc(Cl)cc3)N21. The van der Waals surface area contributed by atoms with Gasteiger partial charge in [-0.1, -0.05) is 110 Å². The van der Waals surface area contributed by atoms with Gasteiger partial charge in [0.15, 0.2) is 10.3 Å². The van der Waals surface area contributed by atoms with Crippen LogP contribution in [0.15, 0.2) is 116 Å². The highest BCUT2D eigenvalue weighted by molar-refractivity contribution is 8.18. The highest BCUT2D eigenvalue weighted by Crippen LogP contribution is 2.57. The topological polar surface area (TPSA) is 115 Å². The number of pyridine rings is 2. The van der Waals surface area contributed by atoms with Crippen molar-refractivity contribution in [2.24, 2.45) is 21.8 Å². The highest BCUT2D eigenvalue weighted by atomic mass is 35.5. The van der Waals surface area contributed by atoms with E-state index in [1.807, 2.05) is 81.4 Å². The number of rotatable bonds is 8. The van der Waals surface area contributed by atoms with Crippen molar-refractivity contribution >= 4 is 92.1 Å². The second kappa shape index (κ2) is 17.0. The molecule has 0 unspecified atom stereocenters. The number of aliphatic carboxylic acids is 1. The standard InChI is InChI=1S/C23H24Cl2N4OS.C21H19Cl2N3O2S/c1-13(2)18-19(21(30)28(4)5)31-22-27-23(3,15-8-11-17(25)26-12-15)20(29(18)22)14-6-9-16(24)10-7-14;1-11(2)16-17(19(27)28)29-20-25-21(3,13-6-9-15(23)24-10-13)18(26(16)20)12-4-7-14(22)8-5-12/h6-13,20H,1-5H3;4-11,18H,1-3H3,(H,27,28)/t20-,23+;18-,21+/m11/s1. The average molecular weight is 924 g/mol. The van der Waals surface area contributed by atoms with Crippen molar-refractivity contribution in [2.75, 3.05) is 14.1 Å². The molecule has 2 aromatic heterocycles. The third-order valence-electron chi connectivity index (χ3n) is 10.9. The molecule has 4 atom stereocenters. The summed E-state index contributed by atoms with van der Waals surface area (Å²) in [6.07, 6.45) is 3.52. The molecule has 4 aliphatic rings. The lowest BCUT2D eigenvalue weighted by Crippen LogP contribution is -2.36. The number of amidine groups is 2. The number of carbonyl (C=O) groups excluding carboxylic acids is 1. The number of allylic oxidation sites excluding steroid dienone is 2. The molecule has 4 aromatic rings. The van der Waals surface area contributed by atoms with Crippen molar-refractivity contribution < 1.29 is 14.7 Å². The van der Waals surface area contributed by atoms with Crippen LogP contribution in [0.5, 0.6) is 0 Å². The van der Waals surface area contributed by atoms with Gasteiger partial charge in [0.05, 0.1) is 12.1 Å². The van der Waals surface area contributed by atoms with Crippen LogP contribution < -0.4 is 0 Å². The number of fused-ring (bicyclic) bond motifs is 2. The molecule has 0 radical (unpaired) electrons. The second-order valence-corrected chi connectivity index (χ2v) is 19.5. The quantitative estimate of drug-likeness (QED) is 0.173. The predicted molar refractivity (Wildman–Crippen MR) is 245 cm³/mol. The molecule has 16 heteroatoms. The van der Waals surface area contributed by atoms with E-state index in [-0.39, 0.29) is 29.8 Å². The maximum absolute atomic E-state index is 13.0. The van der Waals surface area contributed by atoms with E-state index in [0.29, 0.717) is 30.4 Å². The summed E-state index contributed by atoms with van der Waals surface area (Å²) in [5, 5.41) is 13.4. The van der Waals surface area contributed by atoms with Crippen molar-refractivity contribution in [1.29, 1.82) is 0 Å². The number of carbonyl (C=O) groups is 2. The van der Waals surface area contributed by atoms with Crippen molar-refractivity contribution in [3.05, 3.63) is 149 Å². The third-order valence-corrected chi connectivity index (χ3v) is 14.0. The Morgan fingerprint density at radius 2 is 1.03 bits per heavy atom. The maximum Gasteiger partial charge on any atom is 0.344 e. The van der Waals surface area contributed by atoms with Gasteiger partial charge in [-0.15, -0.1) is 0 Å². The molecule has 0 spiro atoms. The molecule has 2 aromatic carbocycles. The van der Waals surface area contributed by atoms with Crippen molar-refractivity contribution in [3.8, 4) is 0 Å². The molecule has 4 aliphatic heterocycles. The summed E-state index contributed by atoms with van der Waals surface area (Å²) in [4.78, 5) is 50.6. The zero-order chi connectivity index (χ0) is 43.4. The molecule has 0 bridgehead atoms. The minimum atomic E-state index is -0.930. The van der Waals surface area contributed by atoms with Gasteiger partial charge in [-0.3, -0.25) is 4.79 Å². The fourth-order valence-electron chi connectivity index (χ4n) is 8.11. The Hall–Kier alpha value is -4.04. The van der Waals surface area contributed by atoms with E-state index in [9.17, 15) is 14.7 Å². The molecule has 60 heavy (non-hydrogen) atoms. The van der Waals surface area contributed by atoms with Crippen molar-refractivity contribution in [1.82, 2.24) is 24.7 Å². The lowest BCUT2D eigenvalue weighted by atomic mass is 9.81. The molecule has 312 valence electrons. The first kappa shape index (κ1) is 44.0. The Bertz CT molecular complexity index is 2460. The van der Waals surface area contributed by atoms with Crippen LogP contribution in [-0.2, 0) is 20.7 Å². The van der Waals surface area contributed by atoms with E-state index in [0.717, 1.165) is 43.7 Å². The predicted octanol–water partition coefficient (Wildman–Crippen LogP) is 11.4. The largest absolute Gasteiger partial charge is 0.477 e. The van der Waals surface area contributed by atoms with Crippen molar-refractivity contribution in [2.45, 2.75) is 64.7 Å². The summed E-state index contributed by atoms with van der Waals surface area (Å²) in [7, 11) is 3.55. The molecule has 0 saturated carbocycles. The van der Waals surface area contributed by atoms with Crippen LogP contribution in [0.4, 0.5) is 0 Å². The number of hydrogen-bond acceptors (Lipinski definition) is 10. The van der Waals surface area contributed by atoms with Gasteiger partial charge in [0.1, 0.15) is 31.2 Å². The number of thioether (sulfide) groups is 2. The van der Waals surface area contributed by atoms with Crippen LogP contribution in [0.25, 0.3) is 0 Å². The molecular formula is C44H43Cl4N7O3S2. The van der Waals surface area contributed by atoms with Gasteiger partial charge in [0.25, 0.3) is 5.91 Å². The number of likely N-dealkylation sites (N-methyl/N-ethyl adjacent to an activating group) is 1. The van der Waals surface area contributed by atoms with Crippen LogP contribution in [0, 0.1) is 11.8 Å². The lowest BCUT2D eigenvalue weighted by Gasteiger charge is -2.37. The van der Waals surface area contributed by atoms with Crippen LogP contribution in [0.3, 0.4) is 0 Å². The smallest absolute Gasteiger partial charge is 0.344 e. The first-order valence-electron chi connectivity index (χ1n) is 19.2. The summed E-state index contributed by atoms with van der Waals surface area (Å²) in [5.41, 5.74) is 4.42. The monoisotopic (exact) mass is 921 g/mol. The Morgan fingerprint density at radius 3 is 1.37 bits per heavy atom. The Balaban J connectivity index is 0.000000182. The number of benzene rings is 2. The van der Waals surface area contributed by atoms with E-state index in [2.05, 4.69) is 40.5 Å². The van der Waals surface area contributed by atoms with E-state index in [1.54, 1.807) is 43.5 Å². The normalized spacial score (nSPS) is 23.2. The van der Waals surface area contributed by atoms with E-state index in [1.165, 1.54) is 23.5 Å². The minimum absolute atomic E-state index is 0.00415. The summed E-state index contributed by atoms with van der Waals surface area (Å²) in [6, 6.07) is 22.5. The Kier molecular flexibility index (Phi) is 12.5. The number of nitrogens with zero attached hydrogens (tertiary/aromatic N) is 7. The molecule has 0 fully saturated rings. The van der Waals surface area contributed by atoms with Gasteiger partial charge < -0.3 is 19.8 Å². The fraction of sp³-hybridized carbons (Fsp3) is 0.318. The molecule has 0 saturated heterocycles. The molecule has 0 aliphatic carbocycles. The van der Waals surface area contributed by atoms with Gasteiger partial charge in [-0.25, -0.2) is 24.7 Å². The number of aliphatic imine (C=N–C) groups is 2. The summed E-state index contributed by atoms with van der Waals surface area (Å²) >= 11 is 27.0. The van der Waals surface area contributed by atoms with E-state index >= 15 is 0 Å². The number of carboxylic acid groups (broad SMARTS) is 1. The first-order valence-corrected chi connectivity index (χ1v) is 22.3. The van der Waals surface area contributed by atoms with Crippen LogP contribution in [0.2, 0.25) is 20.4 Å². The minimum Gasteiger partial charge on any atom is -0.477 e. The number of halogens is 4. The molecule has 10 nitrogen and oxygen atoms in total. The number of hydrogen-bond donors (Lipinski definition) is 1. The first-order chi connectivity index (χ1) is 28.3. The molecule has 1 N–H and O–H groups in total. The summed E-state index contributed by atoms with van der Waals surface area (Å²) in [5.74, 6) is -0.780. The zero-order valence-corrected chi connectivity index (χ0v) is 38.8. The van der Waals surface area contributed by atoms with Crippen LogP contribution in [0.1, 0.15) is 75.9 Å². The Morgan fingerprint density at radius 1 is 0.650 bits per heavy atom. The summed E-state index contributed by atoms with van der Waals surface area (Å²) in [6.45, 7) is 12.4. The highest BCUT2D eigenvalue weighted by Gasteiger charge is 2.55. The molecule has 1 amide bonds. The Labute approximate surface area is 378 Å². The van der Waals surface area contributed by atoms with Gasteiger partial charge in [-0.2, -0.15) is 0 Å². The van der Waals surface area contributed by atoms with Gasteiger partial charge in [0.2, 0.25) is 0 Å². The summed E-state index contributed by atoms with van der Waals surface area (Å²) < 4.78 is 0. The third kappa shape index (κ3) is 7.95. The maximum atomic E-state index is 13.0. The number of carboxylic acids is 1. The van der Waals surface area contributed by atoms with Crippen LogP contribution >= 0.6 is 69.9 Å². The van der Waals surface area contributed by atoms with Gasteiger partial charge >= 0.3 is 5.97 Å². The number of amides is 1. The fourth-order valence-corrected chi connectivity index (χ4v) is 11.3. The zero-order valence-electron chi connectivity index (χ0n) is 34.1. The lowest BCUT2D eigenvalue weighted by molar-refractivity contribution is -0.132. The van der Waals surface area contributed by atoms with Crippen LogP contribution in [-0.4, -0.2) is 66.1 Å². The molecular weight excluding hydrogens is 880 g/mol. The molecule has 6 heterocycles. The average Bonchev–Trinajstić information content (AvgIpc) is 3.91. The molecule has 8 rings (SSSR count). The van der Waals surface area contributed by atoms with Crippen molar-refractivity contribution in [3.63, 3.8) is 0 Å². The van der Waals surface area contributed by atoms with Gasteiger partial charge in [-0.05, 0) is 96.7 Å². The van der Waals surface area contributed by atoms with Gasteiger partial charge in [0, 0.05) is 59.1 Å². The second-order valence-electron chi connectivity index (χ2n) is 15.9. The van der Waals surface area contributed by atoms with E-state index in [4.69, 9.17) is 56.4 Å².